The van der Waals surface area contributed by atoms with Crippen molar-refractivity contribution in [3.8, 4) is 17.1 Å². The van der Waals surface area contributed by atoms with Crippen LogP contribution in [-0.4, -0.2) is 32.7 Å². The van der Waals surface area contributed by atoms with Crippen LogP contribution in [0.1, 0.15) is 19.8 Å². The Kier molecular flexibility index (Phi) is 6.09. The summed E-state index contributed by atoms with van der Waals surface area (Å²) in [7, 11) is 0. The van der Waals surface area contributed by atoms with E-state index in [0.717, 1.165) is 17.6 Å². The summed E-state index contributed by atoms with van der Waals surface area (Å²) in [6.07, 6.45) is 1.96. The lowest BCUT2D eigenvalue weighted by Gasteiger charge is -2.11. The number of carbonyl (C=O) groups is 1. The van der Waals surface area contributed by atoms with Gasteiger partial charge in [-0.25, -0.2) is 4.39 Å². The summed E-state index contributed by atoms with van der Waals surface area (Å²) >= 11 is 0. The number of carbonyl (C=O) groups excluding carboxylic acids is 1. The normalized spacial score (nSPS) is 10.6. The first-order valence-corrected chi connectivity index (χ1v) is 8.71. The molecule has 2 aromatic carbocycles. The average Bonchev–Trinajstić information content (AvgIpc) is 3.11. The number of nitrogens with zero attached hydrogens (tertiary/aromatic N) is 4. The Morgan fingerprint density at radius 3 is 2.78 bits per heavy atom. The van der Waals surface area contributed by atoms with Crippen LogP contribution < -0.4 is 10.1 Å². The first-order valence-electron chi connectivity index (χ1n) is 8.71. The lowest BCUT2D eigenvalue weighted by molar-refractivity contribution is -0.117. The fraction of sp³-hybridized carbons (Fsp3) is 0.263. The van der Waals surface area contributed by atoms with Gasteiger partial charge in [-0.2, -0.15) is 4.80 Å². The monoisotopic (exact) mass is 369 g/mol. The molecule has 0 spiro atoms. The SMILES string of the molecule is CCCCOc1ccccc1NC(=O)Cn1nnc(-c2ccccc2F)n1. The van der Waals surface area contributed by atoms with Gasteiger partial charge in [0.1, 0.15) is 18.1 Å². The Balaban J connectivity index is 1.65. The van der Waals surface area contributed by atoms with E-state index in [1.54, 1.807) is 30.3 Å². The van der Waals surface area contributed by atoms with Gasteiger partial charge in [0.25, 0.3) is 0 Å². The van der Waals surface area contributed by atoms with Crippen molar-refractivity contribution < 1.29 is 13.9 Å². The van der Waals surface area contributed by atoms with Crippen LogP contribution in [0, 0.1) is 5.82 Å². The van der Waals surface area contributed by atoms with Crippen LogP contribution in [0.15, 0.2) is 48.5 Å². The van der Waals surface area contributed by atoms with Crippen molar-refractivity contribution in [2.45, 2.75) is 26.3 Å². The summed E-state index contributed by atoms with van der Waals surface area (Å²) < 4.78 is 19.5. The van der Waals surface area contributed by atoms with Gasteiger partial charge in [-0.1, -0.05) is 37.6 Å². The van der Waals surface area contributed by atoms with E-state index in [1.165, 1.54) is 6.07 Å². The van der Waals surface area contributed by atoms with Crippen LogP contribution in [0.5, 0.6) is 5.75 Å². The molecule has 1 heterocycles. The maximum Gasteiger partial charge on any atom is 0.248 e. The number of halogens is 1. The Bertz CT molecular complexity index is 912. The molecule has 0 saturated heterocycles. The molecule has 0 bridgehead atoms. The van der Waals surface area contributed by atoms with Gasteiger partial charge in [0, 0.05) is 0 Å². The van der Waals surface area contributed by atoms with E-state index in [2.05, 4.69) is 27.7 Å². The number of nitrogens with one attached hydrogen (secondary N) is 1. The van der Waals surface area contributed by atoms with Crippen LogP contribution in [0.3, 0.4) is 0 Å². The summed E-state index contributed by atoms with van der Waals surface area (Å²) in [4.78, 5) is 13.4. The number of anilines is 1. The Hall–Kier alpha value is -3.29. The summed E-state index contributed by atoms with van der Waals surface area (Å²) in [6.45, 7) is 2.52. The maximum atomic E-state index is 13.8. The highest BCUT2D eigenvalue weighted by atomic mass is 19.1. The van der Waals surface area contributed by atoms with Crippen molar-refractivity contribution in [1.29, 1.82) is 0 Å². The van der Waals surface area contributed by atoms with Crippen molar-refractivity contribution in [1.82, 2.24) is 20.2 Å². The van der Waals surface area contributed by atoms with E-state index < -0.39 is 5.82 Å². The van der Waals surface area contributed by atoms with Crippen molar-refractivity contribution in [3.63, 3.8) is 0 Å². The zero-order valence-electron chi connectivity index (χ0n) is 14.9. The molecule has 0 aliphatic rings. The first kappa shape index (κ1) is 18.5. The Morgan fingerprint density at radius 2 is 1.96 bits per heavy atom. The van der Waals surface area contributed by atoms with Gasteiger partial charge >= 0.3 is 0 Å². The molecule has 3 rings (SSSR count). The van der Waals surface area contributed by atoms with Crippen LogP contribution in [0.4, 0.5) is 10.1 Å². The van der Waals surface area contributed by atoms with Gasteiger partial charge in [0.2, 0.25) is 11.7 Å². The number of aromatic nitrogens is 4. The number of para-hydroxylation sites is 2. The highest BCUT2D eigenvalue weighted by molar-refractivity contribution is 5.92. The number of amides is 1. The highest BCUT2D eigenvalue weighted by Gasteiger charge is 2.13. The minimum atomic E-state index is -0.445. The third kappa shape index (κ3) is 4.87. The van der Waals surface area contributed by atoms with E-state index in [4.69, 9.17) is 4.74 Å². The summed E-state index contributed by atoms with van der Waals surface area (Å²) in [6, 6.07) is 13.4. The summed E-state index contributed by atoms with van der Waals surface area (Å²) in [5.41, 5.74) is 0.812. The molecular formula is C19H20FN5O2. The fourth-order valence-corrected chi connectivity index (χ4v) is 2.40. The predicted octanol–water partition coefficient (Wildman–Crippen LogP) is 3.30. The van der Waals surface area contributed by atoms with Crippen molar-refractivity contribution in [2.24, 2.45) is 0 Å². The molecule has 1 aromatic heterocycles. The molecule has 27 heavy (non-hydrogen) atoms. The van der Waals surface area contributed by atoms with Crippen LogP contribution in [-0.2, 0) is 11.3 Å². The van der Waals surface area contributed by atoms with Gasteiger partial charge in [-0.05, 0) is 35.9 Å². The molecule has 0 atom stereocenters. The van der Waals surface area contributed by atoms with E-state index in [-0.39, 0.29) is 23.8 Å². The maximum absolute atomic E-state index is 13.8. The molecule has 3 aromatic rings. The van der Waals surface area contributed by atoms with E-state index >= 15 is 0 Å². The van der Waals surface area contributed by atoms with Gasteiger partial charge in [-0.3, -0.25) is 4.79 Å². The molecular weight excluding hydrogens is 349 g/mol. The zero-order valence-corrected chi connectivity index (χ0v) is 14.9. The lowest BCUT2D eigenvalue weighted by Crippen LogP contribution is -2.21. The minimum Gasteiger partial charge on any atom is -0.491 e. The Labute approximate surface area is 156 Å². The Morgan fingerprint density at radius 1 is 1.19 bits per heavy atom. The molecule has 7 nitrogen and oxygen atoms in total. The van der Waals surface area contributed by atoms with Crippen LogP contribution >= 0.6 is 0 Å². The van der Waals surface area contributed by atoms with Gasteiger partial charge in [-0.15, -0.1) is 10.2 Å². The largest absolute Gasteiger partial charge is 0.491 e. The number of tetrazole rings is 1. The van der Waals surface area contributed by atoms with Gasteiger partial charge < -0.3 is 10.1 Å². The first-order chi connectivity index (χ1) is 13.2. The molecule has 0 fully saturated rings. The topological polar surface area (TPSA) is 81.9 Å². The van der Waals surface area contributed by atoms with Crippen LogP contribution in [0.25, 0.3) is 11.4 Å². The smallest absolute Gasteiger partial charge is 0.248 e. The lowest BCUT2D eigenvalue weighted by atomic mass is 10.2. The summed E-state index contributed by atoms with van der Waals surface area (Å²) in [5, 5.41) is 14.5. The average molecular weight is 369 g/mol. The molecule has 1 N–H and O–H groups in total. The van der Waals surface area contributed by atoms with Gasteiger partial charge in [0.05, 0.1) is 17.9 Å². The molecule has 1 amide bonds. The quantitative estimate of drug-likeness (QED) is 0.616. The molecule has 0 aliphatic carbocycles. The molecule has 0 unspecified atom stereocenters. The molecule has 8 heteroatoms. The van der Waals surface area contributed by atoms with E-state index in [1.807, 2.05) is 12.1 Å². The second kappa shape index (κ2) is 8.88. The fourth-order valence-electron chi connectivity index (χ4n) is 2.40. The van der Waals surface area contributed by atoms with Crippen molar-refractivity contribution in [3.05, 3.63) is 54.3 Å². The standard InChI is InChI=1S/C19H20FN5O2/c1-2-3-12-27-17-11-7-6-10-16(17)21-18(26)13-25-23-19(22-24-25)14-8-4-5-9-15(14)20/h4-11H,2-3,12-13H2,1H3,(H,21,26). The molecule has 0 saturated carbocycles. The van der Waals surface area contributed by atoms with E-state index in [0.29, 0.717) is 18.0 Å². The van der Waals surface area contributed by atoms with Gasteiger partial charge in [0.15, 0.2) is 0 Å². The second-order valence-electron chi connectivity index (χ2n) is 5.87. The third-order valence-electron chi connectivity index (χ3n) is 3.77. The minimum absolute atomic E-state index is 0.129. The number of rotatable bonds is 8. The van der Waals surface area contributed by atoms with Crippen molar-refractivity contribution in [2.75, 3.05) is 11.9 Å². The molecule has 140 valence electrons. The second-order valence-corrected chi connectivity index (χ2v) is 5.87. The summed E-state index contributed by atoms with van der Waals surface area (Å²) in [5.74, 6) is -0.0409. The van der Waals surface area contributed by atoms with Crippen molar-refractivity contribution >= 4 is 11.6 Å². The van der Waals surface area contributed by atoms with E-state index in [9.17, 15) is 9.18 Å². The number of hydrogen-bond donors (Lipinski definition) is 1. The number of benzene rings is 2. The zero-order chi connectivity index (χ0) is 19.1. The number of hydrogen-bond acceptors (Lipinski definition) is 5. The molecule has 0 aliphatic heterocycles. The predicted molar refractivity (Wildman–Crippen MR) is 98.7 cm³/mol. The van der Waals surface area contributed by atoms with Crippen LogP contribution in [0.2, 0.25) is 0 Å². The number of ether oxygens (including phenoxy) is 1. The number of unbranched alkanes of at least 4 members (excludes halogenated alkanes) is 1. The molecule has 0 radical (unpaired) electrons. The third-order valence-corrected chi connectivity index (χ3v) is 3.77. The highest BCUT2D eigenvalue weighted by Crippen LogP contribution is 2.24.